The molecule has 9 nitrogen and oxygen atoms in total. The Morgan fingerprint density at radius 1 is 0.913 bits per heavy atom. The summed E-state index contributed by atoms with van der Waals surface area (Å²) in [6.07, 6.45) is 1.02. The van der Waals surface area contributed by atoms with Gasteiger partial charge in [0.1, 0.15) is 12.3 Å². The van der Waals surface area contributed by atoms with Crippen LogP contribution in [0.1, 0.15) is 112 Å². The second-order valence-electron chi connectivity index (χ2n) is 13.7. The number of carbonyl (C=O) groups is 2. The minimum absolute atomic E-state index is 0.0369. The molecule has 266 valence electrons. The van der Waals surface area contributed by atoms with E-state index in [9.17, 15) is 31.9 Å². The fraction of sp³-hybridized carbons (Fsp3) is 0.882. The van der Waals surface area contributed by atoms with Crippen molar-refractivity contribution in [2.45, 2.75) is 142 Å². The van der Waals surface area contributed by atoms with Gasteiger partial charge >= 0.3 is 0 Å². The summed E-state index contributed by atoms with van der Waals surface area (Å²) in [6, 6.07) is -0.869. The van der Waals surface area contributed by atoms with E-state index in [2.05, 4.69) is 22.0 Å². The highest BCUT2D eigenvalue weighted by Gasteiger charge is 2.39. The number of hydrogen-bond acceptors (Lipinski definition) is 6. The molecule has 7 unspecified atom stereocenters. The van der Waals surface area contributed by atoms with Crippen molar-refractivity contribution in [3.63, 3.8) is 0 Å². The first kappa shape index (κ1) is 40.4. The number of hydrazine groups is 1. The first-order valence-electron chi connectivity index (χ1n) is 17.5. The van der Waals surface area contributed by atoms with Crippen LogP contribution in [0.5, 0.6) is 0 Å². The quantitative estimate of drug-likeness (QED) is 0.143. The molecule has 0 radical (unpaired) electrons. The van der Waals surface area contributed by atoms with Crippen LogP contribution in [0.25, 0.3) is 0 Å². The van der Waals surface area contributed by atoms with E-state index in [1.807, 2.05) is 25.7 Å². The van der Waals surface area contributed by atoms with E-state index in [0.717, 1.165) is 19.3 Å². The molecule has 0 bridgehead atoms. The van der Waals surface area contributed by atoms with Crippen LogP contribution in [0, 0.1) is 35.5 Å². The molecular weight excluding hydrogens is 614 g/mol. The molecule has 0 aromatic heterocycles. The minimum atomic E-state index is -3.69. The van der Waals surface area contributed by atoms with Crippen LogP contribution >= 0.6 is 0 Å². The summed E-state index contributed by atoms with van der Waals surface area (Å²) >= 11 is 0. The molecular formula is C34H60F2N4O5S. The van der Waals surface area contributed by atoms with Gasteiger partial charge in [-0.15, -0.1) is 16.7 Å². The van der Waals surface area contributed by atoms with Crippen LogP contribution in [-0.4, -0.2) is 91.2 Å². The Bertz CT molecular complexity index is 1100. The molecule has 12 heteroatoms. The van der Waals surface area contributed by atoms with Crippen LogP contribution in [0.4, 0.5) is 8.78 Å². The van der Waals surface area contributed by atoms with Crippen LogP contribution in [-0.2, 0) is 19.6 Å². The number of alkyl halides is 2. The third-order valence-corrected chi connectivity index (χ3v) is 11.0. The Morgan fingerprint density at radius 3 is 2.07 bits per heavy atom. The number of halogens is 2. The summed E-state index contributed by atoms with van der Waals surface area (Å²) in [5.74, 6) is 4.42. The van der Waals surface area contributed by atoms with Crippen molar-refractivity contribution >= 4 is 21.8 Å². The molecule has 7 atom stereocenters. The van der Waals surface area contributed by atoms with Gasteiger partial charge in [0.05, 0.1) is 17.4 Å². The number of hydrogen-bond donors (Lipinski definition) is 3. The summed E-state index contributed by atoms with van der Waals surface area (Å²) in [6.45, 7) is 12.4. The van der Waals surface area contributed by atoms with Gasteiger partial charge in [0, 0.05) is 50.4 Å². The molecule has 3 N–H and O–H groups in total. The van der Waals surface area contributed by atoms with Gasteiger partial charge in [-0.2, -0.15) is 0 Å². The zero-order valence-electron chi connectivity index (χ0n) is 28.9. The van der Waals surface area contributed by atoms with Crippen LogP contribution in [0.15, 0.2) is 0 Å². The Labute approximate surface area is 277 Å². The van der Waals surface area contributed by atoms with Gasteiger partial charge in [0.2, 0.25) is 21.8 Å². The van der Waals surface area contributed by atoms with Crippen molar-refractivity contribution in [1.29, 1.82) is 0 Å². The van der Waals surface area contributed by atoms with Crippen molar-refractivity contribution in [3.8, 4) is 11.8 Å². The highest BCUT2D eigenvalue weighted by molar-refractivity contribution is 7.90. The number of rotatable bonds is 18. The Morgan fingerprint density at radius 2 is 1.52 bits per heavy atom. The predicted molar refractivity (Wildman–Crippen MR) is 178 cm³/mol. The van der Waals surface area contributed by atoms with Gasteiger partial charge in [-0.05, 0) is 84.5 Å². The van der Waals surface area contributed by atoms with E-state index in [4.69, 9.17) is 0 Å². The number of amides is 2. The number of nitrogens with one attached hydrogen (secondary N) is 2. The SMILES string of the molecule is CC#CC1CC(C(=O)NC(CC2CC(F)CC(F)C2)C(O)CN(CCCC)NS(=O)(=O)C(C)C)CC(C(=O)N(CCC)CCC)C1. The summed E-state index contributed by atoms with van der Waals surface area (Å²) in [4.78, 5) is 32.0. The third-order valence-electron chi connectivity index (χ3n) is 9.21. The van der Waals surface area contributed by atoms with Crippen molar-refractivity contribution in [1.82, 2.24) is 20.1 Å². The van der Waals surface area contributed by atoms with E-state index in [-0.39, 0.29) is 55.9 Å². The zero-order valence-corrected chi connectivity index (χ0v) is 29.8. The lowest BCUT2D eigenvalue weighted by molar-refractivity contribution is -0.139. The van der Waals surface area contributed by atoms with E-state index in [1.54, 1.807) is 20.8 Å². The van der Waals surface area contributed by atoms with Gasteiger partial charge in [0.25, 0.3) is 0 Å². The van der Waals surface area contributed by atoms with Gasteiger partial charge in [0.15, 0.2) is 0 Å². The summed E-state index contributed by atoms with van der Waals surface area (Å²) < 4.78 is 54.2. The molecule has 0 aromatic rings. The first-order chi connectivity index (χ1) is 21.7. The number of aliphatic hydroxyl groups is 1. The molecule has 2 saturated carbocycles. The van der Waals surface area contributed by atoms with E-state index >= 15 is 0 Å². The second-order valence-corrected chi connectivity index (χ2v) is 15.9. The summed E-state index contributed by atoms with van der Waals surface area (Å²) in [5.41, 5.74) is 0. The molecule has 2 amide bonds. The lowest BCUT2D eigenvalue weighted by atomic mass is 9.74. The fourth-order valence-corrected chi connectivity index (χ4v) is 7.54. The molecule has 2 fully saturated rings. The second kappa shape index (κ2) is 19.9. The topological polar surface area (TPSA) is 119 Å². The Hall–Kier alpha value is -1.81. The Balaban J connectivity index is 2.32. The summed E-state index contributed by atoms with van der Waals surface area (Å²) in [7, 11) is -3.69. The molecule has 2 aliphatic carbocycles. The zero-order chi connectivity index (χ0) is 34.4. The number of carbonyl (C=O) groups excluding carboxylic acids is 2. The van der Waals surface area contributed by atoms with E-state index in [1.165, 1.54) is 5.01 Å². The maximum absolute atomic E-state index is 14.4. The smallest absolute Gasteiger partial charge is 0.226 e. The van der Waals surface area contributed by atoms with Gasteiger partial charge < -0.3 is 15.3 Å². The highest BCUT2D eigenvalue weighted by atomic mass is 32.2. The Kier molecular flexibility index (Phi) is 17.4. The number of unbranched alkanes of at least 4 members (excludes halogenated alkanes) is 1. The van der Waals surface area contributed by atoms with E-state index < -0.39 is 51.6 Å². The predicted octanol–water partition coefficient (Wildman–Crippen LogP) is 4.75. The van der Waals surface area contributed by atoms with Gasteiger partial charge in [-0.3, -0.25) is 9.59 Å². The molecule has 0 heterocycles. The lowest BCUT2D eigenvalue weighted by Gasteiger charge is -2.37. The first-order valence-corrected chi connectivity index (χ1v) is 19.0. The van der Waals surface area contributed by atoms with Crippen molar-refractivity contribution < 1.29 is 31.9 Å². The molecule has 0 saturated heterocycles. The van der Waals surface area contributed by atoms with Crippen molar-refractivity contribution in [2.24, 2.45) is 23.7 Å². The van der Waals surface area contributed by atoms with Crippen LogP contribution < -0.4 is 10.1 Å². The average Bonchev–Trinajstić information content (AvgIpc) is 2.98. The largest absolute Gasteiger partial charge is 0.390 e. The highest BCUT2D eigenvalue weighted by Crippen LogP contribution is 2.36. The molecule has 46 heavy (non-hydrogen) atoms. The number of aliphatic hydroxyl groups excluding tert-OH is 1. The van der Waals surface area contributed by atoms with E-state index in [0.29, 0.717) is 45.3 Å². The normalized spacial score (nSPS) is 26.7. The summed E-state index contributed by atoms with van der Waals surface area (Å²) in [5, 5.41) is 15.3. The molecule has 2 aliphatic rings. The van der Waals surface area contributed by atoms with Crippen LogP contribution in [0.3, 0.4) is 0 Å². The molecule has 0 spiro atoms. The van der Waals surface area contributed by atoms with Crippen molar-refractivity contribution in [2.75, 3.05) is 26.2 Å². The average molecular weight is 675 g/mol. The minimum Gasteiger partial charge on any atom is -0.390 e. The lowest BCUT2D eigenvalue weighted by Crippen LogP contribution is -2.55. The fourth-order valence-electron chi connectivity index (χ4n) is 6.80. The maximum Gasteiger partial charge on any atom is 0.226 e. The van der Waals surface area contributed by atoms with Crippen LogP contribution in [0.2, 0.25) is 0 Å². The van der Waals surface area contributed by atoms with Crippen molar-refractivity contribution in [3.05, 3.63) is 0 Å². The number of sulfonamides is 1. The van der Waals surface area contributed by atoms with Gasteiger partial charge in [-0.1, -0.05) is 27.2 Å². The molecule has 0 aliphatic heterocycles. The molecule has 0 aromatic carbocycles. The standard InChI is InChI=1S/C34H60F2N4O5S/c1-7-11-15-40(38-46(44,45)24(5)6)23-32(41)31(20-26-18-29(35)22-30(36)19-26)37-33(42)27-16-25(12-8-2)17-28(21-27)34(43)39(13-9-3)14-10-4/h24-32,38,41H,7,9-11,13-23H2,1-6H3,(H,37,42). The number of nitrogens with zero attached hydrogens (tertiary/aromatic N) is 2. The third kappa shape index (κ3) is 13.0. The monoisotopic (exact) mass is 674 g/mol. The molecule has 2 rings (SSSR count). The van der Waals surface area contributed by atoms with Gasteiger partial charge in [-0.25, -0.2) is 22.2 Å². The maximum atomic E-state index is 14.4.